The van der Waals surface area contributed by atoms with Gasteiger partial charge in [0.05, 0.1) is 6.10 Å². The van der Waals surface area contributed by atoms with Crippen LogP contribution < -0.4 is 16.0 Å². The summed E-state index contributed by atoms with van der Waals surface area (Å²) in [5.74, 6) is -0.555. The Hall–Kier alpha value is -3.01. The zero-order valence-corrected chi connectivity index (χ0v) is 23.8. The van der Waals surface area contributed by atoms with Crippen molar-refractivity contribution < 1.29 is 24.2 Å². The number of nitrogens with zero attached hydrogens (tertiary/aromatic N) is 1. The molecule has 0 aliphatic carbocycles. The van der Waals surface area contributed by atoms with Crippen LogP contribution in [-0.4, -0.2) is 84.8 Å². The van der Waals surface area contributed by atoms with Gasteiger partial charge < -0.3 is 30.7 Å². The molecule has 0 radical (unpaired) electrons. The molecule has 9 nitrogen and oxygen atoms in total. The van der Waals surface area contributed by atoms with E-state index in [1.165, 1.54) is 7.11 Å². The summed E-state index contributed by atoms with van der Waals surface area (Å²) in [5, 5.41) is 21.3. The molecule has 3 rings (SSSR count). The first-order valence-electron chi connectivity index (χ1n) is 13.8. The van der Waals surface area contributed by atoms with Gasteiger partial charge in [-0.15, -0.1) is 0 Å². The Kier molecular flexibility index (Phi) is 10.9. The number of aliphatic hydroxyl groups excluding tert-OH is 1. The standard InChI is InChI=1S/C30H44N4O5/c1-20(2)17-31-18-24(35)19-32-27(36)25(16-21-12-13-22-9-6-7-10-23(22)15-21)33-28(37)26-11-8-14-34(26)29(38)30(3,4)39-5/h6-7,9-10,12-13,15,20,24-26,31,35H,8,11,14,16-19H2,1-5H3,(H,32,36)(H,33,37)/t24?,25-,26?/m1/s1. The third-order valence-electron chi connectivity index (χ3n) is 7.17. The van der Waals surface area contributed by atoms with E-state index in [2.05, 4.69) is 29.8 Å². The van der Waals surface area contributed by atoms with Gasteiger partial charge in [0.25, 0.3) is 5.91 Å². The Morgan fingerprint density at radius 2 is 1.79 bits per heavy atom. The molecule has 39 heavy (non-hydrogen) atoms. The molecule has 3 amide bonds. The van der Waals surface area contributed by atoms with Crippen molar-refractivity contribution >= 4 is 28.5 Å². The maximum Gasteiger partial charge on any atom is 0.254 e. The number of hydrogen-bond donors (Lipinski definition) is 4. The molecule has 1 fully saturated rings. The maximum absolute atomic E-state index is 13.5. The fraction of sp³-hybridized carbons (Fsp3) is 0.567. The first-order valence-corrected chi connectivity index (χ1v) is 13.8. The zero-order chi connectivity index (χ0) is 28.6. The summed E-state index contributed by atoms with van der Waals surface area (Å²) in [6.07, 6.45) is 0.723. The number of fused-ring (bicyclic) bond motifs is 1. The molecule has 0 spiro atoms. The smallest absolute Gasteiger partial charge is 0.254 e. The molecule has 1 saturated heterocycles. The van der Waals surface area contributed by atoms with Crippen molar-refractivity contribution in [3.05, 3.63) is 48.0 Å². The van der Waals surface area contributed by atoms with Crippen LogP contribution in [0.3, 0.4) is 0 Å². The second-order valence-corrected chi connectivity index (χ2v) is 11.3. The lowest BCUT2D eigenvalue weighted by molar-refractivity contribution is -0.154. The summed E-state index contributed by atoms with van der Waals surface area (Å²) in [5.41, 5.74) is -0.155. The Morgan fingerprint density at radius 1 is 1.08 bits per heavy atom. The fourth-order valence-corrected chi connectivity index (χ4v) is 4.75. The van der Waals surface area contributed by atoms with Gasteiger partial charge in [0.15, 0.2) is 0 Å². The first-order chi connectivity index (χ1) is 18.5. The second kappa shape index (κ2) is 13.9. The van der Waals surface area contributed by atoms with Gasteiger partial charge in [-0.1, -0.05) is 56.3 Å². The van der Waals surface area contributed by atoms with Crippen LogP contribution in [-0.2, 0) is 25.5 Å². The molecule has 3 atom stereocenters. The fourth-order valence-electron chi connectivity index (χ4n) is 4.75. The van der Waals surface area contributed by atoms with Crippen molar-refractivity contribution in [3.8, 4) is 0 Å². The highest BCUT2D eigenvalue weighted by molar-refractivity contribution is 5.94. The monoisotopic (exact) mass is 540 g/mol. The molecule has 2 aromatic rings. The Balaban J connectivity index is 1.73. The summed E-state index contributed by atoms with van der Waals surface area (Å²) < 4.78 is 5.35. The minimum Gasteiger partial charge on any atom is -0.390 e. The lowest BCUT2D eigenvalue weighted by Crippen LogP contribution is -2.57. The molecule has 0 bridgehead atoms. The van der Waals surface area contributed by atoms with Gasteiger partial charge in [-0.3, -0.25) is 14.4 Å². The third-order valence-corrected chi connectivity index (χ3v) is 7.17. The number of nitrogens with one attached hydrogen (secondary N) is 3. The molecule has 0 saturated carbocycles. The Labute approximate surface area is 231 Å². The second-order valence-electron chi connectivity index (χ2n) is 11.3. The van der Waals surface area contributed by atoms with E-state index in [1.54, 1.807) is 18.7 Å². The number of likely N-dealkylation sites (tertiary alicyclic amines) is 1. The van der Waals surface area contributed by atoms with E-state index in [4.69, 9.17) is 4.74 Å². The predicted octanol–water partition coefficient (Wildman–Crippen LogP) is 2.01. The van der Waals surface area contributed by atoms with Crippen LogP contribution in [0.4, 0.5) is 0 Å². The van der Waals surface area contributed by atoms with E-state index in [9.17, 15) is 19.5 Å². The lowest BCUT2D eigenvalue weighted by Gasteiger charge is -2.32. The van der Waals surface area contributed by atoms with Gasteiger partial charge in [-0.25, -0.2) is 0 Å². The Bertz CT molecular complexity index is 1140. The van der Waals surface area contributed by atoms with Crippen molar-refractivity contribution in [3.63, 3.8) is 0 Å². The van der Waals surface area contributed by atoms with E-state index < -0.39 is 23.8 Å². The number of carbonyl (C=O) groups is 3. The van der Waals surface area contributed by atoms with Gasteiger partial charge in [-0.2, -0.15) is 0 Å². The average Bonchev–Trinajstić information content (AvgIpc) is 3.40. The first kappa shape index (κ1) is 30.5. The minimum atomic E-state index is -1.05. The molecule has 1 heterocycles. The van der Waals surface area contributed by atoms with Crippen molar-refractivity contribution in [1.29, 1.82) is 0 Å². The predicted molar refractivity (Wildman–Crippen MR) is 152 cm³/mol. The van der Waals surface area contributed by atoms with E-state index in [0.29, 0.717) is 31.8 Å². The van der Waals surface area contributed by atoms with E-state index in [-0.39, 0.29) is 30.7 Å². The normalized spacial score (nSPS) is 17.3. The molecule has 2 unspecified atom stereocenters. The molecule has 2 aromatic carbocycles. The largest absolute Gasteiger partial charge is 0.390 e. The number of rotatable bonds is 13. The van der Waals surface area contributed by atoms with Gasteiger partial charge in [-0.05, 0) is 55.5 Å². The van der Waals surface area contributed by atoms with Crippen molar-refractivity contribution in [2.75, 3.05) is 33.3 Å². The van der Waals surface area contributed by atoms with Crippen LogP contribution in [0.25, 0.3) is 10.8 Å². The van der Waals surface area contributed by atoms with Crippen LogP contribution in [0.5, 0.6) is 0 Å². The number of ether oxygens (including phenoxy) is 1. The number of carbonyl (C=O) groups excluding carboxylic acids is 3. The summed E-state index contributed by atoms with van der Waals surface area (Å²) in [4.78, 5) is 41.4. The number of methoxy groups -OCH3 is 1. The average molecular weight is 541 g/mol. The number of benzene rings is 2. The molecular weight excluding hydrogens is 496 g/mol. The number of hydrogen-bond acceptors (Lipinski definition) is 6. The molecule has 1 aliphatic rings. The van der Waals surface area contributed by atoms with Crippen molar-refractivity contribution in [2.45, 2.75) is 70.7 Å². The van der Waals surface area contributed by atoms with Crippen LogP contribution >= 0.6 is 0 Å². The highest BCUT2D eigenvalue weighted by Gasteiger charge is 2.41. The highest BCUT2D eigenvalue weighted by Crippen LogP contribution is 2.23. The van der Waals surface area contributed by atoms with Gasteiger partial charge in [0, 0.05) is 33.2 Å². The number of amides is 3. The summed E-state index contributed by atoms with van der Waals surface area (Å²) in [6.45, 7) is 9.16. The van der Waals surface area contributed by atoms with Gasteiger partial charge in [0.2, 0.25) is 11.8 Å². The Morgan fingerprint density at radius 3 is 2.49 bits per heavy atom. The third kappa shape index (κ3) is 8.49. The molecule has 9 heteroatoms. The van der Waals surface area contributed by atoms with E-state index in [1.807, 2.05) is 42.5 Å². The summed E-state index contributed by atoms with van der Waals surface area (Å²) in [7, 11) is 1.47. The summed E-state index contributed by atoms with van der Waals surface area (Å²) >= 11 is 0. The number of aliphatic hydroxyl groups is 1. The van der Waals surface area contributed by atoms with E-state index >= 15 is 0 Å². The van der Waals surface area contributed by atoms with Crippen LogP contribution in [0.1, 0.15) is 46.1 Å². The molecule has 0 aromatic heterocycles. The van der Waals surface area contributed by atoms with Crippen LogP contribution in [0.2, 0.25) is 0 Å². The quantitative estimate of drug-likeness (QED) is 0.309. The SMILES string of the molecule is COC(C)(C)C(=O)N1CCCC1C(=O)N[C@H](Cc1ccc2ccccc2c1)C(=O)NCC(O)CNCC(C)C. The van der Waals surface area contributed by atoms with E-state index in [0.717, 1.165) is 22.9 Å². The summed E-state index contributed by atoms with van der Waals surface area (Å²) in [6, 6.07) is 12.4. The topological polar surface area (TPSA) is 120 Å². The zero-order valence-electron chi connectivity index (χ0n) is 23.8. The minimum absolute atomic E-state index is 0.0596. The maximum atomic E-state index is 13.5. The molecular formula is C30H44N4O5. The van der Waals surface area contributed by atoms with Gasteiger partial charge >= 0.3 is 0 Å². The highest BCUT2D eigenvalue weighted by atomic mass is 16.5. The molecule has 4 N–H and O–H groups in total. The van der Waals surface area contributed by atoms with Crippen molar-refractivity contribution in [2.24, 2.45) is 5.92 Å². The van der Waals surface area contributed by atoms with Crippen LogP contribution in [0, 0.1) is 5.92 Å². The molecule has 1 aliphatic heterocycles. The van der Waals surface area contributed by atoms with Gasteiger partial charge in [0.1, 0.15) is 17.7 Å². The molecule has 214 valence electrons. The van der Waals surface area contributed by atoms with Crippen LogP contribution in [0.15, 0.2) is 42.5 Å². The lowest BCUT2D eigenvalue weighted by atomic mass is 10.0. The van der Waals surface area contributed by atoms with Crippen molar-refractivity contribution in [1.82, 2.24) is 20.9 Å².